The zero-order valence-electron chi connectivity index (χ0n) is 10.1. The Hall–Kier alpha value is -1.12. The number of nitrogens with zero attached hydrogens (tertiary/aromatic N) is 3. The summed E-state index contributed by atoms with van der Waals surface area (Å²) in [7, 11) is 0. The zero-order chi connectivity index (χ0) is 12.1. The van der Waals surface area contributed by atoms with E-state index < -0.39 is 0 Å². The number of hydrogen-bond donors (Lipinski definition) is 0. The van der Waals surface area contributed by atoms with E-state index in [4.69, 9.17) is 10.00 Å². The van der Waals surface area contributed by atoms with Gasteiger partial charge < -0.3 is 9.64 Å². The number of likely N-dealkylation sites (tertiary alicyclic amines) is 1. The molecule has 5 heteroatoms. The molecule has 0 radical (unpaired) electrons. The molecular formula is C12H19N3O2. The molecule has 2 rings (SSSR count). The van der Waals surface area contributed by atoms with Crippen LogP contribution in [-0.4, -0.2) is 61.1 Å². The molecule has 0 aromatic carbocycles. The quantitative estimate of drug-likeness (QED) is 0.689. The highest BCUT2D eigenvalue weighted by Gasteiger charge is 2.24. The third-order valence-electron chi connectivity index (χ3n) is 3.36. The van der Waals surface area contributed by atoms with Crippen molar-refractivity contribution < 1.29 is 9.53 Å². The molecule has 0 N–H and O–H groups in total. The fraction of sp³-hybridized carbons (Fsp3) is 0.833. The molecule has 0 saturated carbocycles. The Balaban J connectivity index is 1.79. The zero-order valence-corrected chi connectivity index (χ0v) is 10.1. The van der Waals surface area contributed by atoms with Crippen LogP contribution in [0.4, 0.5) is 0 Å². The van der Waals surface area contributed by atoms with Gasteiger partial charge in [0.15, 0.2) is 6.10 Å². The molecule has 0 bridgehead atoms. The van der Waals surface area contributed by atoms with E-state index >= 15 is 0 Å². The molecule has 2 fully saturated rings. The number of rotatable bonds is 2. The van der Waals surface area contributed by atoms with E-state index in [1.54, 1.807) is 0 Å². The molecule has 2 aliphatic heterocycles. The van der Waals surface area contributed by atoms with Crippen molar-refractivity contribution in [2.75, 3.05) is 39.3 Å². The summed E-state index contributed by atoms with van der Waals surface area (Å²) in [4.78, 5) is 16.0. The Morgan fingerprint density at radius 3 is 2.76 bits per heavy atom. The molecular weight excluding hydrogens is 218 g/mol. The Bertz CT molecular complexity index is 307. The second-order valence-electron chi connectivity index (χ2n) is 4.67. The number of carbonyl (C=O) groups excluding carboxylic acids is 1. The van der Waals surface area contributed by atoms with Crippen LogP contribution in [0.1, 0.15) is 19.3 Å². The lowest BCUT2D eigenvalue weighted by Crippen LogP contribution is -2.48. The van der Waals surface area contributed by atoms with Gasteiger partial charge in [-0.1, -0.05) is 0 Å². The van der Waals surface area contributed by atoms with Crippen LogP contribution < -0.4 is 0 Å². The van der Waals surface area contributed by atoms with Gasteiger partial charge in [-0.3, -0.25) is 9.69 Å². The number of nitriles is 1. The molecule has 1 amide bonds. The number of piperidine rings is 1. The summed E-state index contributed by atoms with van der Waals surface area (Å²) in [5.41, 5.74) is 0. The van der Waals surface area contributed by atoms with Crippen molar-refractivity contribution >= 4 is 5.91 Å². The first kappa shape index (κ1) is 12.3. The van der Waals surface area contributed by atoms with Crippen molar-refractivity contribution in [1.29, 1.82) is 5.26 Å². The van der Waals surface area contributed by atoms with Crippen molar-refractivity contribution in [2.45, 2.75) is 25.4 Å². The average Bonchev–Trinajstić information content (AvgIpc) is 2.40. The molecule has 94 valence electrons. The van der Waals surface area contributed by atoms with Crippen LogP contribution in [0.25, 0.3) is 0 Å². The van der Waals surface area contributed by atoms with Crippen molar-refractivity contribution in [2.24, 2.45) is 0 Å². The molecule has 2 heterocycles. The summed E-state index contributed by atoms with van der Waals surface area (Å²) in [6.07, 6.45) is 3.10. The van der Waals surface area contributed by atoms with Crippen molar-refractivity contribution in [3.63, 3.8) is 0 Å². The topological polar surface area (TPSA) is 56.6 Å². The third kappa shape index (κ3) is 3.42. The maximum absolute atomic E-state index is 12.0. The summed E-state index contributed by atoms with van der Waals surface area (Å²) in [5.74, 6) is 0.197. The van der Waals surface area contributed by atoms with Gasteiger partial charge in [-0.2, -0.15) is 5.26 Å². The highest BCUT2D eigenvalue weighted by Crippen LogP contribution is 2.10. The van der Waals surface area contributed by atoms with Crippen LogP contribution in [0.5, 0.6) is 0 Å². The number of carbonyl (C=O) groups is 1. The highest BCUT2D eigenvalue weighted by molar-refractivity contribution is 5.78. The summed E-state index contributed by atoms with van der Waals surface area (Å²) in [6.45, 7) is 4.07. The SMILES string of the molecule is N#CC1CN(CC(=O)N2CCCCC2)CCO1. The van der Waals surface area contributed by atoms with E-state index in [0.717, 1.165) is 32.5 Å². The van der Waals surface area contributed by atoms with Gasteiger partial charge in [0.05, 0.1) is 19.2 Å². The van der Waals surface area contributed by atoms with Crippen molar-refractivity contribution in [1.82, 2.24) is 9.80 Å². The number of hydrogen-bond acceptors (Lipinski definition) is 4. The largest absolute Gasteiger partial charge is 0.361 e. The molecule has 1 atom stereocenters. The lowest BCUT2D eigenvalue weighted by atomic mass is 10.1. The standard InChI is InChI=1S/C12H19N3O2/c13-8-11-9-14(6-7-17-11)10-12(16)15-4-2-1-3-5-15/h11H,1-7,9-10H2. The summed E-state index contributed by atoms with van der Waals surface area (Å²) < 4.78 is 5.26. The van der Waals surface area contributed by atoms with Crippen LogP contribution in [0, 0.1) is 11.3 Å². The lowest BCUT2D eigenvalue weighted by molar-refractivity contribution is -0.134. The van der Waals surface area contributed by atoms with Crippen molar-refractivity contribution in [3.05, 3.63) is 0 Å². The summed E-state index contributed by atoms with van der Waals surface area (Å²) in [6, 6.07) is 2.10. The summed E-state index contributed by atoms with van der Waals surface area (Å²) in [5, 5.41) is 8.79. The van der Waals surface area contributed by atoms with Crippen LogP contribution >= 0.6 is 0 Å². The Morgan fingerprint density at radius 2 is 2.06 bits per heavy atom. The maximum atomic E-state index is 12.0. The van der Waals surface area contributed by atoms with Crippen molar-refractivity contribution in [3.8, 4) is 6.07 Å². The van der Waals surface area contributed by atoms with Gasteiger partial charge in [0, 0.05) is 26.2 Å². The molecule has 17 heavy (non-hydrogen) atoms. The average molecular weight is 237 g/mol. The van der Waals surface area contributed by atoms with E-state index in [0.29, 0.717) is 19.7 Å². The smallest absolute Gasteiger partial charge is 0.236 e. The van der Waals surface area contributed by atoms with Gasteiger partial charge in [-0.25, -0.2) is 0 Å². The molecule has 5 nitrogen and oxygen atoms in total. The second-order valence-corrected chi connectivity index (χ2v) is 4.67. The second kappa shape index (κ2) is 5.99. The Labute approximate surface area is 102 Å². The van der Waals surface area contributed by atoms with Gasteiger partial charge in [0.1, 0.15) is 0 Å². The first-order valence-electron chi connectivity index (χ1n) is 6.31. The molecule has 2 aliphatic rings. The molecule has 1 unspecified atom stereocenters. The number of morpholine rings is 1. The van der Waals surface area contributed by atoms with Gasteiger partial charge >= 0.3 is 0 Å². The number of ether oxygens (including phenoxy) is 1. The minimum Gasteiger partial charge on any atom is -0.361 e. The van der Waals surface area contributed by atoms with E-state index in [2.05, 4.69) is 6.07 Å². The van der Waals surface area contributed by atoms with E-state index in [1.807, 2.05) is 9.80 Å². The number of amides is 1. The molecule has 0 spiro atoms. The monoisotopic (exact) mass is 237 g/mol. The normalized spacial score (nSPS) is 26.5. The van der Waals surface area contributed by atoms with E-state index in [-0.39, 0.29) is 12.0 Å². The van der Waals surface area contributed by atoms with Crippen LogP contribution in [0.3, 0.4) is 0 Å². The highest BCUT2D eigenvalue weighted by atomic mass is 16.5. The van der Waals surface area contributed by atoms with Gasteiger partial charge in [0.2, 0.25) is 5.91 Å². The minimum absolute atomic E-state index is 0.197. The molecule has 0 aliphatic carbocycles. The molecule has 0 aromatic heterocycles. The summed E-state index contributed by atoms with van der Waals surface area (Å²) >= 11 is 0. The van der Waals surface area contributed by atoms with Crippen LogP contribution in [0.2, 0.25) is 0 Å². The van der Waals surface area contributed by atoms with Gasteiger partial charge in [-0.05, 0) is 19.3 Å². The predicted octanol–water partition coefficient (Wildman–Crippen LogP) is 0.223. The van der Waals surface area contributed by atoms with E-state index in [9.17, 15) is 4.79 Å². The predicted molar refractivity (Wildman–Crippen MR) is 62.2 cm³/mol. The fourth-order valence-electron chi connectivity index (χ4n) is 2.36. The van der Waals surface area contributed by atoms with Crippen LogP contribution in [-0.2, 0) is 9.53 Å². The first-order chi connectivity index (χ1) is 8.29. The van der Waals surface area contributed by atoms with Gasteiger partial charge in [-0.15, -0.1) is 0 Å². The lowest BCUT2D eigenvalue weighted by Gasteiger charge is -2.32. The molecule has 2 saturated heterocycles. The Kier molecular flexibility index (Phi) is 4.35. The third-order valence-corrected chi connectivity index (χ3v) is 3.36. The van der Waals surface area contributed by atoms with Gasteiger partial charge in [0.25, 0.3) is 0 Å². The molecule has 0 aromatic rings. The maximum Gasteiger partial charge on any atom is 0.236 e. The Morgan fingerprint density at radius 1 is 1.29 bits per heavy atom. The van der Waals surface area contributed by atoms with E-state index in [1.165, 1.54) is 6.42 Å². The minimum atomic E-state index is -0.377. The first-order valence-corrected chi connectivity index (χ1v) is 6.31. The van der Waals surface area contributed by atoms with Crippen LogP contribution in [0.15, 0.2) is 0 Å². The fourth-order valence-corrected chi connectivity index (χ4v) is 2.36.